The minimum atomic E-state index is -4.49. The molecule has 0 amide bonds. The quantitative estimate of drug-likeness (QED) is 0.0446. The lowest BCUT2D eigenvalue weighted by Crippen LogP contribution is -2.37. The molecule has 2 unspecified atom stereocenters. The second-order valence-electron chi connectivity index (χ2n) is 11.5. The molecule has 0 aliphatic heterocycles. The molecule has 0 saturated heterocycles. The number of unbranched alkanes of at least 4 members (excludes halogenated alkanes) is 14. The van der Waals surface area contributed by atoms with Crippen molar-refractivity contribution in [2.24, 2.45) is 0 Å². The smallest absolute Gasteiger partial charge is 0.306 e. The maximum Gasteiger partial charge on any atom is 0.306 e. The zero-order chi connectivity index (χ0) is 28.5. The zero-order valence-corrected chi connectivity index (χ0v) is 26.3. The highest BCUT2D eigenvalue weighted by Crippen LogP contribution is 2.38. The lowest BCUT2D eigenvalue weighted by molar-refractivity contribution is -0.870. The summed E-state index contributed by atoms with van der Waals surface area (Å²) in [6.45, 7) is 5.33. The van der Waals surface area contributed by atoms with Gasteiger partial charge in [-0.05, 0) is 12.8 Å². The maximum absolute atomic E-state index is 12.4. The van der Waals surface area contributed by atoms with Crippen molar-refractivity contribution in [1.29, 1.82) is 0 Å². The number of carbonyl (C=O) groups is 1. The Labute approximate surface area is 234 Å². The molecule has 0 rings (SSSR count). The minimum Gasteiger partial charge on any atom is -0.756 e. The van der Waals surface area contributed by atoms with Crippen molar-refractivity contribution < 1.29 is 37.3 Å². The van der Waals surface area contributed by atoms with Gasteiger partial charge in [-0.1, -0.05) is 104 Å². The van der Waals surface area contributed by atoms with Crippen molar-refractivity contribution in [3.05, 3.63) is 0 Å². The van der Waals surface area contributed by atoms with E-state index >= 15 is 0 Å². The van der Waals surface area contributed by atoms with Crippen molar-refractivity contribution >= 4 is 13.8 Å². The summed E-state index contributed by atoms with van der Waals surface area (Å²) in [6, 6.07) is 0. The summed E-state index contributed by atoms with van der Waals surface area (Å²) >= 11 is 0. The summed E-state index contributed by atoms with van der Waals surface area (Å²) in [6.07, 6.45) is 18.4. The van der Waals surface area contributed by atoms with Gasteiger partial charge < -0.3 is 27.9 Å². The third kappa shape index (κ3) is 27.1. The molecule has 38 heavy (non-hydrogen) atoms. The molecule has 2 atom stereocenters. The van der Waals surface area contributed by atoms with Crippen LogP contribution in [0.3, 0.4) is 0 Å². The molecule has 9 heteroatoms. The molecule has 0 fully saturated rings. The molecule has 0 N–H and O–H groups in total. The molecule has 0 saturated carbocycles. The van der Waals surface area contributed by atoms with Crippen molar-refractivity contribution in [3.63, 3.8) is 0 Å². The highest BCUT2D eigenvalue weighted by molar-refractivity contribution is 7.45. The van der Waals surface area contributed by atoms with E-state index in [-0.39, 0.29) is 25.8 Å². The second-order valence-corrected chi connectivity index (χ2v) is 12.9. The Balaban J connectivity index is 4.35. The first-order valence-electron chi connectivity index (χ1n) is 15.3. The van der Waals surface area contributed by atoms with E-state index in [1.165, 1.54) is 70.6 Å². The molecule has 228 valence electrons. The first kappa shape index (κ1) is 37.5. The van der Waals surface area contributed by atoms with Gasteiger partial charge in [0.1, 0.15) is 19.3 Å². The fourth-order valence-corrected chi connectivity index (χ4v) is 4.68. The summed E-state index contributed by atoms with van der Waals surface area (Å²) in [7, 11) is 1.36. The van der Waals surface area contributed by atoms with Crippen molar-refractivity contribution in [2.75, 3.05) is 54.1 Å². The van der Waals surface area contributed by atoms with E-state index in [1.54, 1.807) is 0 Å². The van der Waals surface area contributed by atoms with Gasteiger partial charge in [0.05, 0.1) is 34.4 Å². The molecule has 0 heterocycles. The number of ether oxygens (including phenoxy) is 2. The van der Waals surface area contributed by atoms with E-state index in [2.05, 4.69) is 13.8 Å². The molecule has 0 aromatic rings. The van der Waals surface area contributed by atoms with Crippen LogP contribution < -0.4 is 4.89 Å². The molecule has 0 spiro atoms. The number of esters is 1. The average molecular weight is 566 g/mol. The van der Waals surface area contributed by atoms with Crippen LogP contribution in [0.2, 0.25) is 0 Å². The lowest BCUT2D eigenvalue weighted by Gasteiger charge is -2.28. The Morgan fingerprint density at radius 1 is 0.711 bits per heavy atom. The number of hydrogen-bond acceptors (Lipinski definition) is 7. The number of hydrogen-bond donors (Lipinski definition) is 0. The number of phosphoric ester groups is 1. The zero-order valence-electron chi connectivity index (χ0n) is 25.4. The standard InChI is InChI=1S/C29H60NO7P/c1-6-8-10-12-14-15-16-17-19-21-24-34-26-28(37-29(31)22-20-18-13-11-9-7-2)27-36-38(32,33)35-25-23-30(3,4)5/h28H,6-27H2,1-5H3. The lowest BCUT2D eigenvalue weighted by atomic mass is 10.1. The van der Waals surface area contributed by atoms with Crippen LogP contribution >= 0.6 is 7.82 Å². The van der Waals surface area contributed by atoms with E-state index in [0.29, 0.717) is 24.1 Å². The van der Waals surface area contributed by atoms with Gasteiger partial charge in [-0.25, -0.2) is 0 Å². The third-order valence-electron chi connectivity index (χ3n) is 6.41. The largest absolute Gasteiger partial charge is 0.756 e. The Morgan fingerprint density at radius 3 is 1.74 bits per heavy atom. The summed E-state index contributed by atoms with van der Waals surface area (Å²) in [4.78, 5) is 24.5. The van der Waals surface area contributed by atoms with Gasteiger partial charge in [-0.2, -0.15) is 0 Å². The second kappa shape index (κ2) is 24.3. The molecular weight excluding hydrogens is 505 g/mol. The highest BCUT2D eigenvalue weighted by atomic mass is 31.2. The number of phosphoric acid groups is 1. The molecule has 0 aliphatic carbocycles. The molecular formula is C29H60NO7P. The molecule has 0 bridgehead atoms. The number of likely N-dealkylation sites (N-methyl/N-ethyl adjacent to an activating group) is 1. The van der Waals surface area contributed by atoms with Crippen LogP contribution in [0.15, 0.2) is 0 Å². The molecule has 0 radical (unpaired) electrons. The van der Waals surface area contributed by atoms with E-state index in [9.17, 15) is 14.3 Å². The van der Waals surface area contributed by atoms with Crippen LogP contribution in [0.4, 0.5) is 0 Å². The molecule has 8 nitrogen and oxygen atoms in total. The van der Waals surface area contributed by atoms with Crippen LogP contribution in [-0.4, -0.2) is 70.7 Å². The normalized spacial score (nSPS) is 14.4. The molecule has 0 aromatic carbocycles. The SMILES string of the molecule is CCCCCCCCCCCCOCC(COP(=O)([O-])OCC[N+](C)(C)C)OC(=O)CCCCCCCC. The van der Waals surface area contributed by atoms with E-state index in [4.69, 9.17) is 18.5 Å². The van der Waals surface area contributed by atoms with E-state index < -0.39 is 13.9 Å². The van der Waals surface area contributed by atoms with Gasteiger partial charge in [0.15, 0.2) is 0 Å². The topological polar surface area (TPSA) is 94.1 Å². The maximum atomic E-state index is 12.4. The van der Waals surface area contributed by atoms with Crippen molar-refractivity contribution in [1.82, 2.24) is 0 Å². The molecule has 0 aromatic heterocycles. The summed E-state index contributed by atoms with van der Waals surface area (Å²) < 4.78 is 34.0. The minimum absolute atomic E-state index is 0.0298. The summed E-state index contributed by atoms with van der Waals surface area (Å²) in [5, 5.41) is 0. The van der Waals surface area contributed by atoms with Crippen LogP contribution in [0, 0.1) is 0 Å². The number of quaternary nitrogens is 1. The third-order valence-corrected chi connectivity index (χ3v) is 7.37. The van der Waals surface area contributed by atoms with Crippen LogP contribution in [0.1, 0.15) is 123 Å². The monoisotopic (exact) mass is 565 g/mol. The van der Waals surface area contributed by atoms with E-state index in [1.807, 2.05) is 21.1 Å². The predicted octanol–water partition coefficient (Wildman–Crippen LogP) is 6.79. The van der Waals surface area contributed by atoms with Crippen LogP contribution in [0.25, 0.3) is 0 Å². The Hall–Kier alpha value is -0.500. The van der Waals surface area contributed by atoms with Gasteiger partial charge in [-0.3, -0.25) is 9.36 Å². The van der Waals surface area contributed by atoms with Gasteiger partial charge in [-0.15, -0.1) is 0 Å². The number of nitrogens with zero attached hydrogens (tertiary/aromatic N) is 1. The Kier molecular flexibility index (Phi) is 24.0. The van der Waals surface area contributed by atoms with Crippen molar-refractivity contribution in [3.8, 4) is 0 Å². The highest BCUT2D eigenvalue weighted by Gasteiger charge is 2.20. The van der Waals surface area contributed by atoms with E-state index in [0.717, 1.165) is 32.1 Å². The summed E-state index contributed by atoms with van der Waals surface area (Å²) in [5.41, 5.74) is 0. The van der Waals surface area contributed by atoms with Gasteiger partial charge in [0.25, 0.3) is 7.82 Å². The Bertz CT molecular complexity index is 598. The number of rotatable bonds is 28. The first-order valence-corrected chi connectivity index (χ1v) is 16.7. The van der Waals surface area contributed by atoms with Crippen LogP contribution in [0.5, 0.6) is 0 Å². The summed E-state index contributed by atoms with van der Waals surface area (Å²) in [5.74, 6) is -0.344. The molecule has 0 aliphatic rings. The van der Waals surface area contributed by atoms with Gasteiger partial charge in [0, 0.05) is 13.0 Å². The van der Waals surface area contributed by atoms with Gasteiger partial charge >= 0.3 is 5.97 Å². The first-order chi connectivity index (χ1) is 18.1. The number of carbonyl (C=O) groups excluding carboxylic acids is 1. The predicted molar refractivity (Wildman–Crippen MR) is 153 cm³/mol. The van der Waals surface area contributed by atoms with Gasteiger partial charge in [0.2, 0.25) is 0 Å². The van der Waals surface area contributed by atoms with Crippen molar-refractivity contribution in [2.45, 2.75) is 129 Å². The van der Waals surface area contributed by atoms with Crippen LogP contribution in [-0.2, 0) is 27.9 Å². The average Bonchev–Trinajstić information content (AvgIpc) is 2.84. The Morgan fingerprint density at radius 2 is 1.21 bits per heavy atom. The fourth-order valence-electron chi connectivity index (χ4n) is 3.96. The fraction of sp³-hybridized carbons (Fsp3) is 0.966.